The van der Waals surface area contributed by atoms with Crippen molar-refractivity contribution in [3.63, 3.8) is 0 Å². The van der Waals surface area contributed by atoms with Crippen LogP contribution in [0.25, 0.3) is 0 Å². The zero-order valence-corrected chi connectivity index (χ0v) is 11.3. The standard InChI is InChI=1S/C12H19F3N2O2/c1-4-11(2,3)16-10(19)8-5-9(18)17(6-8)7-12(13,14)15/h8H,4-7H2,1-3H3,(H,16,19)/t8-/m0/s1. The molecule has 0 saturated carbocycles. The minimum atomic E-state index is -4.43. The maximum Gasteiger partial charge on any atom is 0.406 e. The first-order valence-electron chi connectivity index (χ1n) is 6.20. The van der Waals surface area contributed by atoms with Gasteiger partial charge in [0.25, 0.3) is 0 Å². The van der Waals surface area contributed by atoms with Gasteiger partial charge in [-0.1, -0.05) is 6.92 Å². The maximum absolute atomic E-state index is 12.2. The van der Waals surface area contributed by atoms with E-state index < -0.39 is 30.1 Å². The third kappa shape index (κ3) is 4.72. The highest BCUT2D eigenvalue weighted by Crippen LogP contribution is 2.24. The van der Waals surface area contributed by atoms with Gasteiger partial charge < -0.3 is 10.2 Å². The monoisotopic (exact) mass is 280 g/mol. The summed E-state index contributed by atoms with van der Waals surface area (Å²) < 4.78 is 36.7. The van der Waals surface area contributed by atoms with Crippen LogP contribution in [0.5, 0.6) is 0 Å². The molecule has 0 radical (unpaired) electrons. The lowest BCUT2D eigenvalue weighted by Crippen LogP contribution is -2.46. The van der Waals surface area contributed by atoms with Gasteiger partial charge in [0.1, 0.15) is 6.54 Å². The van der Waals surface area contributed by atoms with Crippen LogP contribution < -0.4 is 5.32 Å². The highest BCUT2D eigenvalue weighted by Gasteiger charge is 2.41. The van der Waals surface area contributed by atoms with Crippen LogP contribution in [0.15, 0.2) is 0 Å². The quantitative estimate of drug-likeness (QED) is 0.852. The summed E-state index contributed by atoms with van der Waals surface area (Å²) in [6, 6.07) is 0. The average Bonchev–Trinajstić information content (AvgIpc) is 2.57. The average molecular weight is 280 g/mol. The molecule has 2 amide bonds. The van der Waals surface area contributed by atoms with Gasteiger partial charge in [-0.25, -0.2) is 0 Å². The Kier molecular flexibility index (Phi) is 4.47. The third-order valence-electron chi connectivity index (χ3n) is 3.30. The topological polar surface area (TPSA) is 49.4 Å². The van der Waals surface area contributed by atoms with E-state index in [4.69, 9.17) is 0 Å². The van der Waals surface area contributed by atoms with Crippen molar-refractivity contribution in [2.75, 3.05) is 13.1 Å². The molecule has 1 aliphatic heterocycles. The molecule has 0 aromatic heterocycles. The van der Waals surface area contributed by atoms with Gasteiger partial charge in [0.05, 0.1) is 5.92 Å². The SMILES string of the molecule is CCC(C)(C)NC(=O)[C@H]1CC(=O)N(CC(F)(F)F)C1. The summed E-state index contributed by atoms with van der Waals surface area (Å²) in [5.74, 6) is -1.67. The summed E-state index contributed by atoms with van der Waals surface area (Å²) >= 11 is 0. The molecule has 7 heteroatoms. The molecule has 0 aliphatic carbocycles. The predicted molar refractivity (Wildman–Crippen MR) is 63.3 cm³/mol. The van der Waals surface area contributed by atoms with Gasteiger partial charge >= 0.3 is 6.18 Å². The van der Waals surface area contributed by atoms with Crippen LogP contribution in [0.4, 0.5) is 13.2 Å². The van der Waals surface area contributed by atoms with E-state index in [9.17, 15) is 22.8 Å². The third-order valence-corrected chi connectivity index (χ3v) is 3.30. The second-order valence-electron chi connectivity index (χ2n) is 5.52. The number of hydrogen-bond acceptors (Lipinski definition) is 2. The maximum atomic E-state index is 12.2. The Morgan fingerprint density at radius 1 is 1.42 bits per heavy atom. The number of alkyl halides is 3. The minimum Gasteiger partial charge on any atom is -0.351 e. The van der Waals surface area contributed by atoms with Crippen molar-refractivity contribution in [2.45, 2.75) is 45.3 Å². The van der Waals surface area contributed by atoms with Gasteiger partial charge in [0.15, 0.2) is 0 Å². The van der Waals surface area contributed by atoms with E-state index in [1.807, 2.05) is 20.8 Å². The molecule has 4 nitrogen and oxygen atoms in total. The van der Waals surface area contributed by atoms with Crippen LogP contribution >= 0.6 is 0 Å². The molecule has 110 valence electrons. The molecule has 0 aromatic rings. The Bertz CT molecular complexity index is 366. The molecule has 0 aromatic carbocycles. The fraction of sp³-hybridized carbons (Fsp3) is 0.833. The lowest BCUT2D eigenvalue weighted by Gasteiger charge is -2.26. The highest BCUT2D eigenvalue weighted by atomic mass is 19.4. The zero-order chi connectivity index (χ0) is 14.8. The van der Waals surface area contributed by atoms with Crippen LogP contribution in [0, 0.1) is 5.92 Å². The molecular formula is C12H19F3N2O2. The molecule has 0 unspecified atom stereocenters. The Balaban J connectivity index is 2.59. The number of halogens is 3. The van der Waals surface area contributed by atoms with E-state index in [1.54, 1.807) is 0 Å². The number of rotatable bonds is 4. The van der Waals surface area contributed by atoms with Crippen molar-refractivity contribution in [3.05, 3.63) is 0 Å². The van der Waals surface area contributed by atoms with E-state index in [-0.39, 0.29) is 18.9 Å². The Hall–Kier alpha value is -1.27. The van der Waals surface area contributed by atoms with Gasteiger partial charge in [0.2, 0.25) is 11.8 Å². The van der Waals surface area contributed by atoms with E-state index in [0.29, 0.717) is 11.3 Å². The molecule has 1 N–H and O–H groups in total. The predicted octanol–water partition coefficient (Wildman–Crippen LogP) is 1.70. The minimum absolute atomic E-state index is 0.151. The summed E-state index contributed by atoms with van der Waals surface area (Å²) in [5, 5.41) is 2.75. The van der Waals surface area contributed by atoms with Crippen LogP contribution in [0.1, 0.15) is 33.6 Å². The number of likely N-dealkylation sites (tertiary alicyclic amines) is 1. The van der Waals surface area contributed by atoms with Crippen molar-refractivity contribution in [3.8, 4) is 0 Å². The van der Waals surface area contributed by atoms with Crippen LogP contribution in [0.3, 0.4) is 0 Å². The Labute approximate surface area is 110 Å². The molecule has 19 heavy (non-hydrogen) atoms. The first-order valence-corrected chi connectivity index (χ1v) is 6.20. The second kappa shape index (κ2) is 5.38. The number of carbonyl (C=O) groups is 2. The van der Waals surface area contributed by atoms with E-state index in [2.05, 4.69) is 5.32 Å². The number of nitrogens with zero attached hydrogens (tertiary/aromatic N) is 1. The molecule has 1 saturated heterocycles. The summed E-state index contributed by atoms with van der Waals surface area (Å²) in [6.07, 6.45) is -3.88. The van der Waals surface area contributed by atoms with Gasteiger partial charge in [-0.2, -0.15) is 13.2 Å². The van der Waals surface area contributed by atoms with Gasteiger partial charge in [0, 0.05) is 18.5 Å². The fourth-order valence-electron chi connectivity index (χ4n) is 1.84. The molecule has 0 spiro atoms. The van der Waals surface area contributed by atoms with E-state index in [0.717, 1.165) is 0 Å². The molecule has 1 fully saturated rings. The van der Waals surface area contributed by atoms with Gasteiger partial charge in [-0.3, -0.25) is 9.59 Å². The largest absolute Gasteiger partial charge is 0.406 e. The summed E-state index contributed by atoms with van der Waals surface area (Å²) in [6.45, 7) is 4.11. The highest BCUT2D eigenvalue weighted by molar-refractivity contribution is 5.89. The number of nitrogens with one attached hydrogen (secondary N) is 1. The number of hydrogen-bond donors (Lipinski definition) is 1. The van der Waals surface area contributed by atoms with Crippen LogP contribution in [-0.4, -0.2) is 41.5 Å². The molecule has 1 rings (SSSR count). The fourth-order valence-corrected chi connectivity index (χ4v) is 1.84. The van der Waals surface area contributed by atoms with E-state index >= 15 is 0 Å². The second-order valence-corrected chi connectivity index (χ2v) is 5.52. The zero-order valence-electron chi connectivity index (χ0n) is 11.3. The lowest BCUT2D eigenvalue weighted by atomic mass is 9.99. The van der Waals surface area contributed by atoms with Crippen molar-refractivity contribution < 1.29 is 22.8 Å². The Morgan fingerprint density at radius 3 is 2.47 bits per heavy atom. The van der Waals surface area contributed by atoms with Gasteiger partial charge in [-0.15, -0.1) is 0 Å². The first-order chi connectivity index (χ1) is 8.54. The van der Waals surface area contributed by atoms with Gasteiger partial charge in [-0.05, 0) is 20.3 Å². The summed E-state index contributed by atoms with van der Waals surface area (Å²) in [4.78, 5) is 24.1. The van der Waals surface area contributed by atoms with Crippen LogP contribution in [-0.2, 0) is 9.59 Å². The lowest BCUT2D eigenvalue weighted by molar-refractivity contribution is -0.157. The van der Waals surface area contributed by atoms with Crippen LogP contribution in [0.2, 0.25) is 0 Å². The van der Waals surface area contributed by atoms with Crippen molar-refractivity contribution >= 4 is 11.8 Å². The van der Waals surface area contributed by atoms with E-state index in [1.165, 1.54) is 0 Å². The number of carbonyl (C=O) groups excluding carboxylic acids is 2. The normalized spacial score (nSPS) is 20.8. The van der Waals surface area contributed by atoms with Crippen molar-refractivity contribution in [2.24, 2.45) is 5.92 Å². The number of amides is 2. The molecule has 1 atom stereocenters. The molecule has 0 bridgehead atoms. The summed E-state index contributed by atoms with van der Waals surface area (Å²) in [5.41, 5.74) is -0.419. The summed E-state index contributed by atoms with van der Waals surface area (Å²) in [7, 11) is 0. The smallest absolute Gasteiger partial charge is 0.351 e. The van der Waals surface area contributed by atoms with Crippen molar-refractivity contribution in [1.82, 2.24) is 10.2 Å². The first kappa shape index (κ1) is 15.8. The molecular weight excluding hydrogens is 261 g/mol. The molecule has 1 aliphatic rings. The Morgan fingerprint density at radius 2 is 2.00 bits per heavy atom. The molecule has 1 heterocycles. The van der Waals surface area contributed by atoms with Crippen molar-refractivity contribution in [1.29, 1.82) is 0 Å².